The van der Waals surface area contributed by atoms with Gasteiger partial charge in [-0.3, -0.25) is 0 Å². The summed E-state index contributed by atoms with van der Waals surface area (Å²) in [5.74, 6) is -0.0878. The molecule has 1 rings (SSSR count). The maximum Gasteiger partial charge on any atom is 0.210 e. The van der Waals surface area contributed by atoms with Crippen molar-refractivity contribution in [3.05, 3.63) is 29.8 Å². The van der Waals surface area contributed by atoms with Gasteiger partial charge in [0.05, 0.1) is 0 Å². The third-order valence-electron chi connectivity index (χ3n) is 2.37. The third-order valence-corrected chi connectivity index (χ3v) is 8.00. The quantitative estimate of drug-likeness (QED) is 0.613. The molecule has 4 nitrogen and oxygen atoms in total. The Morgan fingerprint density at radius 2 is 1.82 bits per heavy atom. The first-order valence-electron chi connectivity index (χ1n) is 4.86. The molecule has 0 aliphatic rings. The van der Waals surface area contributed by atoms with Crippen LogP contribution >= 0.6 is 31.9 Å². The fourth-order valence-electron chi connectivity index (χ4n) is 1.23. The van der Waals surface area contributed by atoms with Crippen molar-refractivity contribution in [2.75, 3.05) is 11.5 Å². The zero-order valence-electron chi connectivity index (χ0n) is 9.10. The van der Waals surface area contributed by atoms with Crippen molar-refractivity contribution in [2.24, 2.45) is 0 Å². The first-order chi connectivity index (χ1) is 7.72. The molecule has 0 saturated heterocycles. The Morgan fingerprint density at radius 3 is 2.24 bits per heavy atom. The van der Waals surface area contributed by atoms with Gasteiger partial charge in [-0.15, -0.1) is 0 Å². The van der Waals surface area contributed by atoms with Gasteiger partial charge in [0.1, 0.15) is 6.10 Å². The molecule has 0 fully saturated rings. The van der Waals surface area contributed by atoms with E-state index in [2.05, 4.69) is 31.9 Å². The Labute approximate surface area is 117 Å². The van der Waals surface area contributed by atoms with Crippen LogP contribution in [0.25, 0.3) is 0 Å². The van der Waals surface area contributed by atoms with Crippen LogP contribution in [-0.2, 0) is 9.84 Å². The molecule has 0 saturated carbocycles. The van der Waals surface area contributed by atoms with Crippen molar-refractivity contribution in [3.63, 3.8) is 0 Å². The monoisotopic (exact) mass is 385 g/mol. The van der Waals surface area contributed by atoms with Gasteiger partial charge in [-0.05, 0) is 17.7 Å². The van der Waals surface area contributed by atoms with Crippen LogP contribution in [0.5, 0.6) is 0 Å². The molecule has 0 unspecified atom stereocenters. The first kappa shape index (κ1) is 14.9. The highest BCUT2D eigenvalue weighted by Gasteiger charge is 2.45. The number of alkyl halides is 2. The Hall–Kier alpha value is -0.110. The summed E-state index contributed by atoms with van der Waals surface area (Å²) >= 11 is 6.06. The van der Waals surface area contributed by atoms with E-state index in [1.54, 1.807) is 24.3 Å². The Morgan fingerprint density at radius 1 is 1.35 bits per heavy atom. The molecule has 17 heavy (non-hydrogen) atoms. The van der Waals surface area contributed by atoms with Crippen LogP contribution in [0.15, 0.2) is 24.3 Å². The van der Waals surface area contributed by atoms with Crippen molar-refractivity contribution in [1.29, 1.82) is 0 Å². The number of aliphatic hydroxyl groups excluding tert-OH is 1. The summed E-state index contributed by atoms with van der Waals surface area (Å²) in [7, 11) is -3.50. The predicted molar refractivity (Wildman–Crippen MR) is 75.9 cm³/mol. The van der Waals surface area contributed by atoms with Crippen molar-refractivity contribution in [1.82, 2.24) is 0 Å². The van der Waals surface area contributed by atoms with Gasteiger partial charge in [-0.25, -0.2) is 8.42 Å². The van der Waals surface area contributed by atoms with E-state index < -0.39 is 18.5 Å². The number of sulfone groups is 1. The van der Waals surface area contributed by atoms with Gasteiger partial charge in [-0.1, -0.05) is 50.9 Å². The molecule has 0 heterocycles. The number of benzene rings is 1. The molecule has 7 heteroatoms. The average molecular weight is 387 g/mol. The molecule has 1 aromatic carbocycles. The zero-order chi connectivity index (χ0) is 13.3. The van der Waals surface area contributed by atoms with Gasteiger partial charge in [-0.2, -0.15) is 0 Å². The summed E-state index contributed by atoms with van der Waals surface area (Å²) in [6.07, 6.45) is -1.23. The molecule has 1 aromatic rings. The van der Waals surface area contributed by atoms with E-state index in [1.165, 1.54) is 6.92 Å². The highest BCUT2D eigenvalue weighted by Crippen LogP contribution is 2.44. The number of nitrogen functional groups attached to an aromatic ring is 1. The van der Waals surface area contributed by atoms with E-state index in [1.807, 2.05) is 0 Å². The van der Waals surface area contributed by atoms with E-state index in [9.17, 15) is 13.5 Å². The fourth-order valence-corrected chi connectivity index (χ4v) is 4.00. The van der Waals surface area contributed by atoms with Gasteiger partial charge >= 0.3 is 0 Å². The predicted octanol–water partition coefficient (Wildman–Crippen LogP) is 2.18. The lowest BCUT2D eigenvalue weighted by Gasteiger charge is -2.26. The molecule has 0 spiro atoms. The smallest absolute Gasteiger partial charge is 0.210 e. The van der Waals surface area contributed by atoms with Crippen LogP contribution in [-0.4, -0.2) is 21.8 Å². The normalized spacial score (nSPS) is 14.6. The highest BCUT2D eigenvalue weighted by molar-refractivity contribution is 9.28. The molecule has 0 aliphatic carbocycles. The standard InChI is InChI=1S/C10H13Br2NO3S/c1-2-17(15,16)10(11,12)9(14)7-3-5-8(13)6-4-7/h3-6,9,14H,2,13H2,1H3/t9-/m1/s1. The number of hydrogen-bond acceptors (Lipinski definition) is 4. The lowest BCUT2D eigenvalue weighted by molar-refractivity contribution is 0.189. The second kappa shape index (κ2) is 5.26. The van der Waals surface area contributed by atoms with E-state index >= 15 is 0 Å². The summed E-state index contributed by atoms with van der Waals surface area (Å²) in [6, 6.07) is 6.38. The van der Waals surface area contributed by atoms with E-state index in [4.69, 9.17) is 5.73 Å². The van der Waals surface area contributed by atoms with Gasteiger partial charge in [0, 0.05) is 11.4 Å². The van der Waals surface area contributed by atoms with Gasteiger partial charge < -0.3 is 10.8 Å². The Bertz CT molecular complexity index is 485. The second-order valence-electron chi connectivity index (χ2n) is 3.53. The molecular formula is C10H13Br2NO3S. The lowest BCUT2D eigenvalue weighted by atomic mass is 10.1. The van der Waals surface area contributed by atoms with Crippen molar-refractivity contribution >= 4 is 47.4 Å². The maximum absolute atomic E-state index is 11.8. The number of nitrogens with two attached hydrogens (primary N) is 1. The average Bonchev–Trinajstić information content (AvgIpc) is 2.28. The van der Waals surface area contributed by atoms with Crippen LogP contribution < -0.4 is 5.73 Å². The van der Waals surface area contributed by atoms with Crippen molar-refractivity contribution in [2.45, 2.75) is 15.6 Å². The largest absolute Gasteiger partial charge is 0.399 e. The summed E-state index contributed by atoms with van der Waals surface area (Å²) in [6.45, 7) is 1.52. The fraction of sp³-hybridized carbons (Fsp3) is 0.400. The van der Waals surface area contributed by atoms with Crippen molar-refractivity contribution < 1.29 is 13.5 Å². The summed E-state index contributed by atoms with van der Waals surface area (Å²) in [5, 5.41) is 10.1. The molecule has 1 atom stereocenters. The molecule has 0 aromatic heterocycles. The van der Waals surface area contributed by atoms with E-state index in [0.717, 1.165) is 0 Å². The molecule has 0 bridgehead atoms. The van der Waals surface area contributed by atoms with Crippen molar-refractivity contribution in [3.8, 4) is 0 Å². The highest BCUT2D eigenvalue weighted by atomic mass is 79.9. The van der Waals surface area contributed by atoms with Crippen LogP contribution in [0.4, 0.5) is 5.69 Å². The number of rotatable bonds is 4. The third kappa shape index (κ3) is 3.01. The minimum absolute atomic E-state index is 0.0878. The van der Waals surface area contributed by atoms with Crippen LogP contribution in [0.1, 0.15) is 18.6 Å². The molecule has 96 valence electrons. The molecule has 0 amide bonds. The number of halogens is 2. The molecular weight excluding hydrogens is 374 g/mol. The molecule has 3 N–H and O–H groups in total. The number of anilines is 1. The lowest BCUT2D eigenvalue weighted by Crippen LogP contribution is -2.33. The minimum atomic E-state index is -3.50. The van der Waals surface area contributed by atoms with Gasteiger partial charge in [0.15, 0.2) is 9.84 Å². The first-order valence-corrected chi connectivity index (χ1v) is 8.10. The number of hydrogen-bond donors (Lipinski definition) is 2. The molecule has 0 aliphatic heterocycles. The zero-order valence-corrected chi connectivity index (χ0v) is 13.1. The maximum atomic E-state index is 11.8. The Balaban J connectivity index is 3.12. The summed E-state index contributed by atoms with van der Waals surface area (Å²) < 4.78 is 22.1. The summed E-state index contributed by atoms with van der Waals surface area (Å²) in [5.41, 5.74) is 6.54. The van der Waals surface area contributed by atoms with Crippen LogP contribution in [0.3, 0.4) is 0 Å². The molecule has 0 radical (unpaired) electrons. The Kier molecular flexibility index (Phi) is 4.62. The second-order valence-corrected chi connectivity index (χ2v) is 10.6. The van der Waals surface area contributed by atoms with E-state index in [-0.39, 0.29) is 5.75 Å². The van der Waals surface area contributed by atoms with E-state index in [0.29, 0.717) is 11.3 Å². The van der Waals surface area contributed by atoms with Gasteiger partial charge in [0.2, 0.25) is 2.57 Å². The minimum Gasteiger partial charge on any atom is -0.399 e. The SMILES string of the molecule is CCS(=O)(=O)C(Br)(Br)[C@H](O)c1ccc(N)cc1. The number of aliphatic hydroxyl groups is 1. The van der Waals surface area contributed by atoms with Crippen LogP contribution in [0, 0.1) is 0 Å². The topological polar surface area (TPSA) is 80.4 Å². The van der Waals surface area contributed by atoms with Crippen LogP contribution in [0.2, 0.25) is 0 Å². The van der Waals surface area contributed by atoms with Gasteiger partial charge in [0.25, 0.3) is 0 Å². The summed E-state index contributed by atoms with van der Waals surface area (Å²) in [4.78, 5) is 0.